The second-order valence-electron chi connectivity index (χ2n) is 8.80. The van der Waals surface area contributed by atoms with E-state index in [2.05, 4.69) is 0 Å². The number of likely N-dealkylation sites (tertiary alicyclic amines) is 1. The standard InChI is InChI=1S/C24H29NO5/c26-21(18-12-10-17(11-13-18)16-6-2-1-3-7-16)15-30-22(27)14-25-23(28)19-8-4-5-9-20(19)24(25)29/h10-13,16,19-20H,1-9,14-15H2. The molecule has 2 unspecified atom stereocenters. The molecule has 0 N–H and O–H groups in total. The number of carbonyl (C=O) groups excluding carboxylic acids is 4. The number of ether oxygens (including phenoxy) is 1. The van der Waals surface area contributed by atoms with E-state index in [1.807, 2.05) is 12.1 Å². The molecule has 160 valence electrons. The fraction of sp³-hybridized carbons (Fsp3) is 0.583. The lowest BCUT2D eigenvalue weighted by atomic mass is 9.81. The first-order chi connectivity index (χ1) is 14.5. The number of ketones is 1. The number of imide groups is 1. The molecule has 3 fully saturated rings. The number of nitrogens with zero attached hydrogens (tertiary/aromatic N) is 1. The van der Waals surface area contributed by atoms with Crippen LogP contribution in [-0.2, 0) is 19.1 Å². The maximum absolute atomic E-state index is 12.4. The Morgan fingerprint density at radius 2 is 1.40 bits per heavy atom. The highest BCUT2D eigenvalue weighted by molar-refractivity contribution is 6.07. The second-order valence-corrected chi connectivity index (χ2v) is 8.80. The van der Waals surface area contributed by atoms with Crippen LogP contribution >= 0.6 is 0 Å². The summed E-state index contributed by atoms with van der Waals surface area (Å²) in [7, 11) is 0. The van der Waals surface area contributed by atoms with E-state index < -0.39 is 12.5 Å². The topological polar surface area (TPSA) is 80.8 Å². The molecule has 1 saturated heterocycles. The van der Waals surface area contributed by atoms with Crippen molar-refractivity contribution in [2.24, 2.45) is 11.8 Å². The minimum atomic E-state index is -0.720. The van der Waals surface area contributed by atoms with Crippen molar-refractivity contribution in [3.8, 4) is 0 Å². The first-order valence-electron chi connectivity index (χ1n) is 11.2. The zero-order valence-corrected chi connectivity index (χ0v) is 17.3. The molecule has 2 saturated carbocycles. The minimum Gasteiger partial charge on any atom is -0.456 e. The molecule has 30 heavy (non-hydrogen) atoms. The summed E-state index contributed by atoms with van der Waals surface area (Å²) in [6.07, 6.45) is 9.48. The molecule has 3 aliphatic rings. The third-order valence-corrected chi connectivity index (χ3v) is 6.89. The molecular weight excluding hydrogens is 382 g/mol. The van der Waals surface area contributed by atoms with Crippen molar-refractivity contribution < 1.29 is 23.9 Å². The van der Waals surface area contributed by atoms with Gasteiger partial charge in [0.15, 0.2) is 12.4 Å². The Morgan fingerprint density at radius 3 is 2.00 bits per heavy atom. The van der Waals surface area contributed by atoms with Gasteiger partial charge in [0.1, 0.15) is 6.54 Å². The molecule has 0 aromatic heterocycles. The highest BCUT2D eigenvalue weighted by Crippen LogP contribution is 2.38. The number of rotatable bonds is 6. The normalized spacial score (nSPS) is 24.6. The number of benzene rings is 1. The van der Waals surface area contributed by atoms with Crippen molar-refractivity contribution in [2.45, 2.75) is 63.7 Å². The van der Waals surface area contributed by atoms with Crippen LogP contribution in [0.4, 0.5) is 0 Å². The lowest BCUT2D eigenvalue weighted by molar-refractivity contribution is -0.152. The van der Waals surface area contributed by atoms with Crippen molar-refractivity contribution in [2.75, 3.05) is 13.2 Å². The smallest absolute Gasteiger partial charge is 0.326 e. The monoisotopic (exact) mass is 411 g/mol. The first-order valence-corrected chi connectivity index (χ1v) is 11.2. The molecule has 0 spiro atoms. The van der Waals surface area contributed by atoms with E-state index in [-0.39, 0.29) is 36.0 Å². The minimum absolute atomic E-state index is 0.272. The van der Waals surface area contributed by atoms with Gasteiger partial charge in [-0.3, -0.25) is 24.1 Å². The van der Waals surface area contributed by atoms with E-state index in [0.717, 1.165) is 17.7 Å². The molecule has 1 aliphatic heterocycles. The first kappa shape index (κ1) is 20.8. The molecule has 6 heteroatoms. The Hall–Kier alpha value is -2.50. The van der Waals surface area contributed by atoms with Crippen molar-refractivity contribution >= 4 is 23.6 Å². The van der Waals surface area contributed by atoms with Gasteiger partial charge in [-0.2, -0.15) is 0 Å². The number of fused-ring (bicyclic) bond motifs is 1. The van der Waals surface area contributed by atoms with Crippen LogP contribution in [0, 0.1) is 11.8 Å². The van der Waals surface area contributed by atoms with Crippen molar-refractivity contribution in [1.29, 1.82) is 0 Å². The summed E-state index contributed by atoms with van der Waals surface area (Å²) in [4.78, 5) is 50.5. The zero-order valence-electron chi connectivity index (χ0n) is 17.3. The van der Waals surface area contributed by atoms with E-state index in [1.54, 1.807) is 12.1 Å². The van der Waals surface area contributed by atoms with Crippen LogP contribution in [0.25, 0.3) is 0 Å². The van der Waals surface area contributed by atoms with Gasteiger partial charge < -0.3 is 4.74 Å². The molecule has 1 aromatic carbocycles. The van der Waals surface area contributed by atoms with Crippen LogP contribution < -0.4 is 0 Å². The fourth-order valence-corrected chi connectivity index (χ4v) is 5.17. The molecule has 6 nitrogen and oxygen atoms in total. The quantitative estimate of drug-likeness (QED) is 0.406. The van der Waals surface area contributed by atoms with Gasteiger partial charge in [0.25, 0.3) is 0 Å². The van der Waals surface area contributed by atoms with Gasteiger partial charge in [-0.15, -0.1) is 0 Å². The Bertz CT molecular complexity index is 801. The molecule has 1 aromatic rings. The number of amides is 2. The second kappa shape index (κ2) is 9.11. The average molecular weight is 411 g/mol. The summed E-state index contributed by atoms with van der Waals surface area (Å²) in [5.41, 5.74) is 1.76. The lowest BCUT2D eigenvalue weighted by Gasteiger charge is -2.22. The highest BCUT2D eigenvalue weighted by Gasteiger charge is 2.48. The molecule has 2 aliphatic carbocycles. The van der Waals surface area contributed by atoms with Crippen molar-refractivity contribution in [1.82, 2.24) is 4.90 Å². The lowest BCUT2D eigenvalue weighted by Crippen LogP contribution is -2.37. The average Bonchev–Trinajstić information content (AvgIpc) is 3.03. The summed E-state index contributed by atoms with van der Waals surface area (Å²) >= 11 is 0. The van der Waals surface area contributed by atoms with Gasteiger partial charge in [0, 0.05) is 5.56 Å². The number of hydrogen-bond acceptors (Lipinski definition) is 5. The predicted octanol–water partition coefficient (Wildman–Crippen LogP) is 3.64. The van der Waals surface area contributed by atoms with Gasteiger partial charge in [-0.05, 0) is 37.2 Å². The third kappa shape index (κ3) is 4.32. The maximum atomic E-state index is 12.4. The van der Waals surface area contributed by atoms with E-state index >= 15 is 0 Å². The third-order valence-electron chi connectivity index (χ3n) is 6.89. The summed E-state index contributed by atoms with van der Waals surface area (Å²) in [6, 6.07) is 7.57. The van der Waals surface area contributed by atoms with E-state index in [0.29, 0.717) is 24.3 Å². The zero-order chi connectivity index (χ0) is 21.1. The predicted molar refractivity (Wildman–Crippen MR) is 110 cm³/mol. The summed E-state index contributed by atoms with van der Waals surface area (Å²) in [5, 5.41) is 0. The van der Waals surface area contributed by atoms with Crippen molar-refractivity contribution in [3.05, 3.63) is 35.4 Å². The summed E-state index contributed by atoms with van der Waals surface area (Å²) in [5.74, 6) is -1.56. The Balaban J connectivity index is 1.28. The van der Waals surface area contributed by atoms with Gasteiger partial charge in [-0.25, -0.2) is 0 Å². The Morgan fingerprint density at radius 1 is 0.833 bits per heavy atom. The molecule has 0 bridgehead atoms. The largest absolute Gasteiger partial charge is 0.456 e. The van der Waals surface area contributed by atoms with Crippen LogP contribution in [0.5, 0.6) is 0 Å². The summed E-state index contributed by atoms with van der Waals surface area (Å²) in [6.45, 7) is -0.788. The molecule has 2 atom stereocenters. The van der Waals surface area contributed by atoms with Gasteiger partial charge >= 0.3 is 5.97 Å². The van der Waals surface area contributed by atoms with Gasteiger partial charge in [-0.1, -0.05) is 56.4 Å². The van der Waals surface area contributed by atoms with E-state index in [1.165, 1.54) is 37.7 Å². The SMILES string of the molecule is O=C(CN1C(=O)C2CCCCC2C1=O)OCC(=O)c1ccc(C2CCCCC2)cc1. The Labute approximate surface area is 177 Å². The number of esters is 1. The fourth-order valence-electron chi connectivity index (χ4n) is 5.17. The van der Waals surface area contributed by atoms with Crippen LogP contribution in [0.3, 0.4) is 0 Å². The van der Waals surface area contributed by atoms with Crippen LogP contribution in [-0.4, -0.2) is 41.6 Å². The van der Waals surface area contributed by atoms with Crippen LogP contribution in [0.1, 0.15) is 79.6 Å². The summed E-state index contributed by atoms with van der Waals surface area (Å²) < 4.78 is 5.08. The molecule has 1 heterocycles. The number of Topliss-reactive ketones (excluding diaryl/α,β-unsaturated/α-hetero) is 1. The molecular formula is C24H29NO5. The van der Waals surface area contributed by atoms with Gasteiger partial charge in [0.2, 0.25) is 11.8 Å². The van der Waals surface area contributed by atoms with Crippen LogP contribution in [0.2, 0.25) is 0 Å². The van der Waals surface area contributed by atoms with E-state index in [9.17, 15) is 19.2 Å². The number of hydrogen-bond donors (Lipinski definition) is 0. The van der Waals surface area contributed by atoms with E-state index in [4.69, 9.17) is 4.74 Å². The molecule has 4 rings (SSSR count). The molecule has 0 radical (unpaired) electrons. The number of carbonyl (C=O) groups is 4. The highest BCUT2D eigenvalue weighted by atomic mass is 16.5. The van der Waals surface area contributed by atoms with Crippen LogP contribution in [0.15, 0.2) is 24.3 Å². The maximum Gasteiger partial charge on any atom is 0.326 e. The van der Waals surface area contributed by atoms with Gasteiger partial charge in [0.05, 0.1) is 11.8 Å². The van der Waals surface area contributed by atoms with Crippen molar-refractivity contribution in [3.63, 3.8) is 0 Å². The Kier molecular flexibility index (Phi) is 6.30. The molecule has 2 amide bonds.